The van der Waals surface area contributed by atoms with Crippen LogP contribution in [-0.2, 0) is 14.3 Å². The zero-order chi connectivity index (χ0) is 25.1. The van der Waals surface area contributed by atoms with Crippen molar-refractivity contribution in [3.8, 4) is 11.1 Å². The maximum absolute atomic E-state index is 13.1. The van der Waals surface area contributed by atoms with Crippen molar-refractivity contribution < 1.29 is 23.5 Å². The van der Waals surface area contributed by atoms with Gasteiger partial charge < -0.3 is 19.2 Å². The van der Waals surface area contributed by atoms with Crippen molar-refractivity contribution in [1.82, 2.24) is 15.2 Å². The largest absolute Gasteiger partial charge is 0.464 e. The van der Waals surface area contributed by atoms with Gasteiger partial charge in [-0.2, -0.15) is 0 Å². The van der Waals surface area contributed by atoms with Crippen LogP contribution in [0.3, 0.4) is 0 Å². The lowest BCUT2D eigenvalue weighted by Crippen LogP contribution is -2.51. The number of alkyl carbamates (subject to hydrolysis) is 1. The Balaban J connectivity index is 1.35. The van der Waals surface area contributed by atoms with Crippen LogP contribution in [0.4, 0.5) is 4.79 Å². The highest BCUT2D eigenvalue weighted by atomic mass is 79.9. The Kier molecular flexibility index (Phi) is 7.38. The van der Waals surface area contributed by atoms with Crippen LogP contribution in [0.25, 0.3) is 11.1 Å². The number of aromatic nitrogens is 1. The van der Waals surface area contributed by atoms with Gasteiger partial charge in [0.1, 0.15) is 18.6 Å². The number of ether oxygens (including phenoxy) is 2. The number of rotatable bonds is 8. The molecule has 9 heteroatoms. The van der Waals surface area contributed by atoms with Crippen molar-refractivity contribution in [1.29, 1.82) is 0 Å². The number of carbonyl (C=O) groups is 2. The number of hydrogen-bond acceptors (Lipinski definition) is 7. The summed E-state index contributed by atoms with van der Waals surface area (Å²) in [7, 11) is 0. The van der Waals surface area contributed by atoms with Gasteiger partial charge in [0.05, 0.1) is 12.6 Å². The maximum atomic E-state index is 13.1. The van der Waals surface area contributed by atoms with Gasteiger partial charge in [0.25, 0.3) is 4.80 Å². The highest BCUT2D eigenvalue weighted by molar-refractivity contribution is 9.10. The summed E-state index contributed by atoms with van der Waals surface area (Å²) in [6.07, 6.45) is 2.81. The van der Waals surface area contributed by atoms with Gasteiger partial charge in [0.15, 0.2) is 6.04 Å². The lowest BCUT2D eigenvalue weighted by molar-refractivity contribution is -0.147. The molecule has 8 nitrogen and oxygen atoms in total. The zero-order valence-corrected chi connectivity index (χ0v) is 21.6. The molecule has 1 aliphatic carbocycles. The fraction of sp³-hybridized carbons (Fsp3) is 0.370. The van der Waals surface area contributed by atoms with Gasteiger partial charge in [0, 0.05) is 21.8 Å². The van der Waals surface area contributed by atoms with Gasteiger partial charge in [-0.25, -0.2) is 14.6 Å². The van der Waals surface area contributed by atoms with Gasteiger partial charge in [-0.1, -0.05) is 48.5 Å². The van der Waals surface area contributed by atoms with Crippen LogP contribution in [0.5, 0.6) is 0 Å². The third kappa shape index (κ3) is 4.90. The molecule has 188 valence electrons. The Morgan fingerprint density at radius 2 is 1.72 bits per heavy atom. The normalized spacial score (nSPS) is 16.7. The molecule has 1 aliphatic heterocycles. The van der Waals surface area contributed by atoms with Gasteiger partial charge >= 0.3 is 12.1 Å². The molecule has 0 saturated carbocycles. The Morgan fingerprint density at radius 1 is 1.08 bits per heavy atom. The molecule has 0 unspecified atom stereocenters. The molecule has 1 saturated heterocycles. The summed E-state index contributed by atoms with van der Waals surface area (Å²) in [6, 6.07) is 14.8. The van der Waals surface area contributed by atoms with E-state index in [9.17, 15) is 9.59 Å². The second kappa shape index (κ2) is 10.8. The minimum absolute atomic E-state index is 0.0786. The molecule has 5 rings (SSSR count). The topological polar surface area (TPSA) is 93.9 Å². The number of oxazole rings is 1. The number of nitrogens with one attached hydrogen (secondary N) is 1. The number of halogens is 1. The van der Waals surface area contributed by atoms with Gasteiger partial charge in [0.2, 0.25) is 0 Å². The molecule has 1 N–H and O–H groups in total. The van der Waals surface area contributed by atoms with E-state index in [4.69, 9.17) is 13.9 Å². The van der Waals surface area contributed by atoms with Crippen molar-refractivity contribution in [3.05, 3.63) is 76.4 Å². The van der Waals surface area contributed by atoms with Crippen LogP contribution < -0.4 is 5.32 Å². The first-order valence-electron chi connectivity index (χ1n) is 12.2. The quantitative estimate of drug-likeness (QED) is 0.390. The summed E-state index contributed by atoms with van der Waals surface area (Å²) in [6.45, 7) is 3.63. The van der Waals surface area contributed by atoms with Crippen LogP contribution >= 0.6 is 15.9 Å². The second-order valence-electron chi connectivity index (χ2n) is 8.91. The summed E-state index contributed by atoms with van der Waals surface area (Å²) in [5, 5.41) is 2.78. The van der Waals surface area contributed by atoms with E-state index in [2.05, 4.69) is 55.4 Å². The van der Waals surface area contributed by atoms with Crippen LogP contribution in [0.1, 0.15) is 48.5 Å². The number of benzene rings is 2. The number of amides is 1. The van der Waals surface area contributed by atoms with E-state index in [1.165, 1.54) is 6.26 Å². The highest BCUT2D eigenvalue weighted by Crippen LogP contribution is 2.44. The molecule has 2 aliphatic rings. The van der Waals surface area contributed by atoms with Gasteiger partial charge in [-0.15, -0.1) is 0 Å². The maximum Gasteiger partial charge on any atom is 0.407 e. The summed E-state index contributed by atoms with van der Waals surface area (Å²) >= 11 is 3.24. The third-order valence-electron chi connectivity index (χ3n) is 6.80. The summed E-state index contributed by atoms with van der Waals surface area (Å²) in [4.78, 5) is 33.0. The SMILES string of the molecule is CCOC(=O)[C@@H](NC(=O)OCC1c2ccccc2-c2ccccc21)[C@@H](c1coc(Br)n1)N1CCCC1. The molecule has 2 aromatic carbocycles. The summed E-state index contributed by atoms with van der Waals surface area (Å²) < 4.78 is 16.4. The number of carbonyl (C=O) groups excluding carboxylic acids is 2. The van der Waals surface area contributed by atoms with Crippen LogP contribution in [0, 0.1) is 0 Å². The average Bonchev–Trinajstić information content (AvgIpc) is 3.63. The Morgan fingerprint density at radius 3 is 2.31 bits per heavy atom. The minimum Gasteiger partial charge on any atom is -0.464 e. The van der Waals surface area contributed by atoms with E-state index in [0.717, 1.165) is 48.2 Å². The zero-order valence-electron chi connectivity index (χ0n) is 20.0. The summed E-state index contributed by atoms with van der Waals surface area (Å²) in [5.41, 5.74) is 5.09. The second-order valence-corrected chi connectivity index (χ2v) is 9.59. The van der Waals surface area contributed by atoms with E-state index >= 15 is 0 Å². The predicted molar refractivity (Wildman–Crippen MR) is 136 cm³/mol. The molecule has 0 spiro atoms. The van der Waals surface area contributed by atoms with Crippen LogP contribution in [0.2, 0.25) is 0 Å². The van der Waals surface area contributed by atoms with Gasteiger partial charge in [-0.3, -0.25) is 4.90 Å². The fourth-order valence-electron chi connectivity index (χ4n) is 5.25. The van der Waals surface area contributed by atoms with Crippen molar-refractivity contribution >= 4 is 28.0 Å². The van der Waals surface area contributed by atoms with Crippen LogP contribution in [0.15, 0.2) is 64.0 Å². The number of nitrogens with zero attached hydrogens (tertiary/aromatic N) is 2. The third-order valence-corrected chi connectivity index (χ3v) is 7.17. The molecule has 2 atom stereocenters. The van der Waals surface area contributed by atoms with E-state index in [0.29, 0.717) is 10.5 Å². The first-order chi connectivity index (χ1) is 17.6. The Hall–Kier alpha value is -3.17. The fourth-order valence-corrected chi connectivity index (χ4v) is 5.55. The smallest absolute Gasteiger partial charge is 0.407 e. The number of fused-ring (bicyclic) bond motifs is 3. The molecular formula is C27H28BrN3O5. The molecular weight excluding hydrogens is 526 g/mol. The monoisotopic (exact) mass is 553 g/mol. The highest BCUT2D eigenvalue weighted by Gasteiger charge is 2.40. The van der Waals surface area contributed by atoms with E-state index in [1.54, 1.807) is 6.92 Å². The molecule has 3 aromatic rings. The van der Waals surface area contributed by atoms with Crippen molar-refractivity contribution in [2.24, 2.45) is 0 Å². The molecule has 1 fully saturated rings. The summed E-state index contributed by atoms with van der Waals surface area (Å²) in [5.74, 6) is -0.618. The average molecular weight is 554 g/mol. The first-order valence-corrected chi connectivity index (χ1v) is 13.0. The molecule has 1 aromatic heterocycles. The van der Waals surface area contributed by atoms with Crippen molar-refractivity contribution in [3.63, 3.8) is 0 Å². The lowest BCUT2D eigenvalue weighted by atomic mass is 9.98. The predicted octanol–water partition coefficient (Wildman–Crippen LogP) is 5.04. The van der Waals surface area contributed by atoms with Gasteiger partial charge in [-0.05, 0) is 55.1 Å². The van der Waals surface area contributed by atoms with E-state index in [-0.39, 0.29) is 19.1 Å². The number of hydrogen-bond donors (Lipinski definition) is 1. The van der Waals surface area contributed by atoms with Crippen molar-refractivity contribution in [2.75, 3.05) is 26.3 Å². The first kappa shape index (κ1) is 24.5. The molecule has 1 amide bonds. The van der Waals surface area contributed by atoms with Crippen molar-refractivity contribution in [2.45, 2.75) is 37.8 Å². The Bertz CT molecular complexity index is 1190. The van der Waals surface area contributed by atoms with Crippen LogP contribution in [-0.4, -0.2) is 54.3 Å². The van der Waals surface area contributed by atoms with E-state index in [1.807, 2.05) is 24.3 Å². The standard InChI is InChI=1S/C27H28BrN3O5/c1-2-34-25(32)23(24(31-13-7-8-14-31)22-16-35-26(28)29-22)30-27(33)36-15-21-19-11-5-3-9-17(19)18-10-4-6-12-20(18)21/h3-6,9-12,16,21,23-24H,2,7-8,13-15H2,1H3,(H,30,33)/t23-,24+/m0/s1. The molecule has 0 bridgehead atoms. The lowest BCUT2D eigenvalue weighted by Gasteiger charge is -2.32. The molecule has 36 heavy (non-hydrogen) atoms. The van der Waals surface area contributed by atoms with E-state index < -0.39 is 24.1 Å². The number of likely N-dealkylation sites (tertiary alicyclic amines) is 1. The number of esters is 1. The Labute approximate surface area is 218 Å². The molecule has 0 radical (unpaired) electrons. The molecule has 2 heterocycles. The minimum atomic E-state index is -1.00.